The second-order valence-corrected chi connectivity index (χ2v) is 6.38. The molecule has 0 aromatic heterocycles. The van der Waals surface area contributed by atoms with Crippen LogP contribution < -0.4 is 10.2 Å². The minimum Gasteiger partial charge on any atom is -0.323 e. The van der Waals surface area contributed by atoms with E-state index in [0.717, 1.165) is 37.2 Å². The molecule has 1 heterocycles. The van der Waals surface area contributed by atoms with E-state index in [4.69, 9.17) is 0 Å². The molecule has 1 amide bonds. The molecule has 0 fully saturated rings. The third kappa shape index (κ3) is 3.62. The number of carbonyl (C=O) groups excluding carboxylic acids is 1. The third-order valence-corrected chi connectivity index (χ3v) is 4.72. The molecule has 1 aliphatic rings. The third-order valence-electron chi connectivity index (χ3n) is 4.72. The number of hydrogen-bond acceptors (Lipinski definition) is 1. The highest BCUT2D eigenvalue weighted by molar-refractivity contribution is 5.93. The number of rotatable bonds is 4. The monoisotopic (exact) mass is 309 g/mol. The van der Waals surface area contributed by atoms with Crippen LogP contribution in [0.15, 0.2) is 42.5 Å². The fourth-order valence-corrected chi connectivity index (χ4v) is 3.41. The first-order chi connectivity index (χ1) is 11.2. The van der Waals surface area contributed by atoms with Gasteiger partial charge in [-0.05, 0) is 30.0 Å². The molecule has 1 atom stereocenters. The van der Waals surface area contributed by atoms with E-state index in [1.54, 1.807) is 0 Å². The molecule has 3 rings (SSSR count). The van der Waals surface area contributed by atoms with Crippen LogP contribution in [-0.2, 0) is 24.2 Å². The number of quaternary nitrogens is 1. The van der Waals surface area contributed by atoms with Crippen LogP contribution in [0.3, 0.4) is 0 Å². The van der Waals surface area contributed by atoms with E-state index in [1.807, 2.05) is 0 Å². The minimum atomic E-state index is 0.114. The van der Waals surface area contributed by atoms with Crippen LogP contribution in [0.1, 0.15) is 29.2 Å². The molecule has 0 radical (unpaired) electrons. The molecule has 0 aliphatic carbocycles. The minimum absolute atomic E-state index is 0.114. The Morgan fingerprint density at radius 2 is 1.91 bits per heavy atom. The fraction of sp³-hybridized carbons (Fsp3) is 0.350. The number of fused-ring (bicyclic) bond motifs is 1. The molecule has 3 nitrogen and oxygen atoms in total. The van der Waals surface area contributed by atoms with Crippen molar-refractivity contribution < 1.29 is 9.69 Å². The molecule has 1 unspecified atom stereocenters. The molecule has 0 spiro atoms. The highest BCUT2D eigenvalue weighted by Crippen LogP contribution is 2.20. The summed E-state index contributed by atoms with van der Waals surface area (Å²) in [6.07, 6.45) is 1.99. The second kappa shape index (κ2) is 6.97. The molecule has 3 heteroatoms. The van der Waals surface area contributed by atoms with E-state index in [1.165, 1.54) is 21.6 Å². The van der Waals surface area contributed by atoms with Gasteiger partial charge in [-0.3, -0.25) is 4.79 Å². The number of anilines is 1. The number of nitrogens with one attached hydrogen (secondary N) is 2. The van der Waals surface area contributed by atoms with Gasteiger partial charge in [0.2, 0.25) is 0 Å². The summed E-state index contributed by atoms with van der Waals surface area (Å²) in [4.78, 5) is 13.8. The van der Waals surface area contributed by atoms with Crippen molar-refractivity contribution in [1.29, 1.82) is 0 Å². The lowest BCUT2D eigenvalue weighted by atomic mass is 10.00. The fourth-order valence-electron chi connectivity index (χ4n) is 3.41. The SMILES string of the molecule is CCc1cccc(C)c1NC(=O)C[NH+]1CCc2ccccc2C1. The van der Waals surface area contributed by atoms with Crippen LogP contribution in [0.2, 0.25) is 0 Å². The van der Waals surface area contributed by atoms with Gasteiger partial charge in [-0.15, -0.1) is 0 Å². The highest BCUT2D eigenvalue weighted by Gasteiger charge is 2.21. The zero-order chi connectivity index (χ0) is 16.2. The predicted octanol–water partition coefficient (Wildman–Crippen LogP) is 2.14. The van der Waals surface area contributed by atoms with Gasteiger partial charge in [0.05, 0.1) is 6.54 Å². The lowest BCUT2D eigenvalue weighted by Crippen LogP contribution is -3.12. The average molecular weight is 309 g/mol. The van der Waals surface area contributed by atoms with Crippen LogP contribution in [0.5, 0.6) is 0 Å². The van der Waals surface area contributed by atoms with E-state index < -0.39 is 0 Å². The molecule has 1 aliphatic heterocycles. The molecule has 0 saturated heterocycles. The number of carbonyl (C=O) groups is 1. The van der Waals surface area contributed by atoms with Crippen molar-refractivity contribution in [3.05, 3.63) is 64.7 Å². The first-order valence-electron chi connectivity index (χ1n) is 8.46. The van der Waals surface area contributed by atoms with Gasteiger partial charge >= 0.3 is 0 Å². The summed E-state index contributed by atoms with van der Waals surface area (Å²) in [6.45, 7) is 6.68. The Morgan fingerprint density at radius 3 is 2.70 bits per heavy atom. The molecular weight excluding hydrogens is 284 g/mol. The van der Waals surface area contributed by atoms with Crippen molar-refractivity contribution in [2.45, 2.75) is 33.2 Å². The van der Waals surface area contributed by atoms with Gasteiger partial charge in [0.1, 0.15) is 6.54 Å². The Kier molecular flexibility index (Phi) is 4.77. The smallest absolute Gasteiger partial charge is 0.279 e. The Labute approximate surface area is 138 Å². The van der Waals surface area contributed by atoms with Crippen molar-refractivity contribution >= 4 is 11.6 Å². The molecule has 120 valence electrons. The van der Waals surface area contributed by atoms with Crippen molar-refractivity contribution in [3.63, 3.8) is 0 Å². The van der Waals surface area contributed by atoms with Crippen molar-refractivity contribution in [3.8, 4) is 0 Å². The summed E-state index contributed by atoms with van der Waals surface area (Å²) in [6, 6.07) is 14.8. The number of aryl methyl sites for hydroxylation is 2. The average Bonchev–Trinajstić information content (AvgIpc) is 2.56. The molecule has 0 saturated carbocycles. The standard InChI is InChI=1S/C20H24N2O/c1-3-16-10-6-7-15(2)20(16)21-19(23)14-22-12-11-17-8-4-5-9-18(17)13-22/h4-10H,3,11-14H2,1-2H3,(H,21,23)/p+1. The summed E-state index contributed by atoms with van der Waals surface area (Å²) in [5.74, 6) is 0.114. The Morgan fingerprint density at radius 1 is 1.13 bits per heavy atom. The topological polar surface area (TPSA) is 33.5 Å². The Hall–Kier alpha value is -2.13. The van der Waals surface area contributed by atoms with Gasteiger partial charge in [0.15, 0.2) is 6.54 Å². The second-order valence-electron chi connectivity index (χ2n) is 6.38. The molecule has 23 heavy (non-hydrogen) atoms. The molecule has 2 aromatic carbocycles. The van der Waals surface area contributed by atoms with Crippen LogP contribution in [-0.4, -0.2) is 19.0 Å². The van der Waals surface area contributed by atoms with Gasteiger partial charge < -0.3 is 10.2 Å². The highest BCUT2D eigenvalue weighted by atomic mass is 16.2. The number of amides is 1. The molecule has 0 bridgehead atoms. The van der Waals surface area contributed by atoms with E-state index in [9.17, 15) is 4.79 Å². The quantitative estimate of drug-likeness (QED) is 0.891. The maximum atomic E-state index is 12.5. The maximum Gasteiger partial charge on any atom is 0.279 e. The van der Waals surface area contributed by atoms with Gasteiger partial charge in [0, 0.05) is 17.7 Å². The van der Waals surface area contributed by atoms with E-state index >= 15 is 0 Å². The molecule has 2 aromatic rings. The number of hydrogen-bond donors (Lipinski definition) is 2. The van der Waals surface area contributed by atoms with Gasteiger partial charge in [-0.1, -0.05) is 49.4 Å². The zero-order valence-electron chi connectivity index (χ0n) is 14.0. The van der Waals surface area contributed by atoms with E-state index in [2.05, 4.69) is 61.6 Å². The summed E-state index contributed by atoms with van der Waals surface area (Å²) in [7, 11) is 0. The number of para-hydroxylation sites is 1. The first-order valence-corrected chi connectivity index (χ1v) is 8.46. The van der Waals surface area contributed by atoms with Gasteiger partial charge in [0.25, 0.3) is 5.91 Å². The summed E-state index contributed by atoms with van der Waals surface area (Å²) in [5, 5.41) is 3.14. The van der Waals surface area contributed by atoms with Gasteiger partial charge in [-0.2, -0.15) is 0 Å². The first kappa shape index (κ1) is 15.8. The van der Waals surface area contributed by atoms with Crippen LogP contribution in [0, 0.1) is 6.92 Å². The van der Waals surface area contributed by atoms with Crippen molar-refractivity contribution in [1.82, 2.24) is 0 Å². The Bertz CT molecular complexity index is 709. The summed E-state index contributed by atoms with van der Waals surface area (Å²) in [5.41, 5.74) is 6.15. The van der Waals surface area contributed by atoms with E-state index in [-0.39, 0.29) is 5.91 Å². The molecule has 2 N–H and O–H groups in total. The van der Waals surface area contributed by atoms with Crippen molar-refractivity contribution in [2.24, 2.45) is 0 Å². The largest absolute Gasteiger partial charge is 0.323 e. The van der Waals surface area contributed by atoms with Crippen LogP contribution in [0.4, 0.5) is 5.69 Å². The van der Waals surface area contributed by atoms with Crippen LogP contribution >= 0.6 is 0 Å². The number of benzene rings is 2. The van der Waals surface area contributed by atoms with Gasteiger partial charge in [-0.25, -0.2) is 0 Å². The lowest BCUT2D eigenvalue weighted by Gasteiger charge is -2.25. The summed E-state index contributed by atoms with van der Waals surface area (Å²) >= 11 is 0. The predicted molar refractivity (Wildman–Crippen MR) is 93.7 cm³/mol. The maximum absolute atomic E-state index is 12.5. The molecular formula is C20H25N2O+. The zero-order valence-corrected chi connectivity index (χ0v) is 14.0. The normalized spacial score (nSPS) is 16.7. The lowest BCUT2D eigenvalue weighted by molar-refractivity contribution is -0.907. The van der Waals surface area contributed by atoms with Crippen LogP contribution in [0.25, 0.3) is 0 Å². The van der Waals surface area contributed by atoms with Crippen molar-refractivity contribution in [2.75, 3.05) is 18.4 Å². The summed E-state index contributed by atoms with van der Waals surface area (Å²) < 4.78 is 0. The Balaban J connectivity index is 1.65. The van der Waals surface area contributed by atoms with E-state index in [0.29, 0.717) is 6.54 Å².